The molecule has 0 aliphatic carbocycles. The van der Waals surface area contributed by atoms with Crippen molar-refractivity contribution in [1.82, 2.24) is 28.7 Å². The number of nitrogens with zero attached hydrogens (tertiary/aromatic N) is 6. The first kappa shape index (κ1) is 20.2. The zero-order valence-corrected chi connectivity index (χ0v) is 18.0. The van der Waals surface area contributed by atoms with Crippen molar-refractivity contribution in [2.75, 3.05) is 46.5 Å². The summed E-state index contributed by atoms with van der Waals surface area (Å²) in [7, 11) is 0.947. The lowest BCUT2D eigenvalue weighted by molar-refractivity contribution is 0.0663. The average molecular weight is 421 g/mol. The van der Waals surface area contributed by atoms with Crippen molar-refractivity contribution in [3.8, 4) is 0 Å². The maximum Gasteiger partial charge on any atom is 0.255 e. The van der Waals surface area contributed by atoms with Gasteiger partial charge < -0.3 is 9.80 Å². The van der Waals surface area contributed by atoms with E-state index < -0.39 is 10.0 Å². The van der Waals surface area contributed by atoms with Gasteiger partial charge in [0.2, 0.25) is 10.0 Å². The number of sulfonamides is 1. The molecule has 0 N–H and O–H groups in total. The number of fused-ring (bicyclic) bond motifs is 1. The van der Waals surface area contributed by atoms with Crippen LogP contribution in [0, 0.1) is 0 Å². The van der Waals surface area contributed by atoms with Crippen LogP contribution in [0.25, 0.3) is 5.65 Å². The Balaban J connectivity index is 1.54. The number of carbonyl (C=O) groups is 1. The highest BCUT2D eigenvalue weighted by atomic mass is 32.2. The number of amides is 1. The fourth-order valence-corrected chi connectivity index (χ4v) is 5.21. The summed E-state index contributed by atoms with van der Waals surface area (Å²) in [6, 6.07) is 4.12. The lowest BCUT2D eigenvalue weighted by Crippen LogP contribution is -2.44. The molecule has 0 radical (unpaired) electrons. The number of aromatic nitrogens is 3. The van der Waals surface area contributed by atoms with Crippen molar-refractivity contribution >= 4 is 21.6 Å². The van der Waals surface area contributed by atoms with Crippen molar-refractivity contribution in [3.05, 3.63) is 29.7 Å². The third-order valence-electron chi connectivity index (χ3n) is 6.14. The van der Waals surface area contributed by atoms with E-state index in [1.165, 1.54) is 10.6 Å². The zero-order chi connectivity index (χ0) is 20.8. The summed E-state index contributed by atoms with van der Waals surface area (Å²) >= 11 is 0. The van der Waals surface area contributed by atoms with E-state index in [1.54, 1.807) is 18.3 Å². The summed E-state index contributed by atoms with van der Waals surface area (Å²) in [5.74, 6) is 0.709. The van der Waals surface area contributed by atoms with Crippen LogP contribution in [0.5, 0.6) is 0 Å². The van der Waals surface area contributed by atoms with Gasteiger partial charge in [0.25, 0.3) is 5.91 Å². The SMILES string of the molecule is CN(C)C1CCN(C(=O)c2ccc3nnc(C4CCN(S(C)(=O)=O)C4)n3c2)CC1. The molecule has 2 fully saturated rings. The first-order chi connectivity index (χ1) is 13.7. The molecule has 2 aromatic rings. The molecule has 10 heteroatoms. The van der Waals surface area contributed by atoms with E-state index in [1.807, 2.05) is 9.30 Å². The van der Waals surface area contributed by atoms with E-state index in [4.69, 9.17) is 0 Å². The summed E-state index contributed by atoms with van der Waals surface area (Å²) in [6.07, 6.45) is 5.68. The number of carbonyl (C=O) groups excluding carboxylic acids is 1. The standard InChI is InChI=1S/C19H28N6O3S/c1-22(2)16-7-9-23(10-8-16)19(26)15-4-5-17-20-21-18(25(17)13-15)14-6-11-24(12-14)29(3,27)28/h4-5,13-14,16H,6-12H2,1-3H3. The lowest BCUT2D eigenvalue weighted by atomic mass is 10.0. The van der Waals surface area contributed by atoms with Crippen LogP contribution in [0.3, 0.4) is 0 Å². The third kappa shape index (κ3) is 4.01. The Kier molecular flexibility index (Phi) is 5.34. The molecule has 9 nitrogen and oxygen atoms in total. The van der Waals surface area contributed by atoms with Crippen LogP contribution in [0.4, 0.5) is 0 Å². The fourth-order valence-electron chi connectivity index (χ4n) is 4.32. The molecule has 158 valence electrons. The lowest BCUT2D eigenvalue weighted by Gasteiger charge is -2.35. The summed E-state index contributed by atoms with van der Waals surface area (Å²) in [5, 5.41) is 8.50. The Morgan fingerprint density at radius 3 is 2.45 bits per heavy atom. The topological polar surface area (TPSA) is 91.1 Å². The van der Waals surface area contributed by atoms with Crippen LogP contribution in [-0.2, 0) is 10.0 Å². The molecular formula is C19H28N6O3S. The second kappa shape index (κ2) is 7.66. The van der Waals surface area contributed by atoms with Crippen molar-refractivity contribution in [3.63, 3.8) is 0 Å². The molecule has 29 heavy (non-hydrogen) atoms. The smallest absolute Gasteiger partial charge is 0.255 e. The number of hydrogen-bond donors (Lipinski definition) is 0. The molecule has 2 aliphatic rings. The van der Waals surface area contributed by atoms with Crippen molar-refractivity contribution < 1.29 is 13.2 Å². The van der Waals surface area contributed by atoms with Gasteiger partial charge in [0.1, 0.15) is 5.82 Å². The first-order valence-corrected chi connectivity index (χ1v) is 11.8. The first-order valence-electron chi connectivity index (χ1n) is 9.99. The molecule has 2 saturated heterocycles. The van der Waals surface area contributed by atoms with E-state index in [0.29, 0.717) is 42.6 Å². The van der Waals surface area contributed by atoms with Gasteiger partial charge in [-0.3, -0.25) is 9.20 Å². The maximum absolute atomic E-state index is 13.0. The molecule has 1 unspecified atom stereocenters. The maximum atomic E-state index is 13.0. The second-order valence-electron chi connectivity index (χ2n) is 8.30. The Bertz CT molecular complexity index is 1010. The van der Waals surface area contributed by atoms with Gasteiger partial charge in [-0.05, 0) is 45.5 Å². The molecule has 0 spiro atoms. The molecule has 1 amide bonds. The number of hydrogen-bond acceptors (Lipinski definition) is 6. The monoisotopic (exact) mass is 420 g/mol. The molecular weight excluding hydrogens is 392 g/mol. The van der Waals surface area contributed by atoms with Crippen LogP contribution in [0.2, 0.25) is 0 Å². The van der Waals surface area contributed by atoms with Gasteiger partial charge in [-0.2, -0.15) is 0 Å². The van der Waals surface area contributed by atoms with Crippen LogP contribution in [-0.4, -0.2) is 95.6 Å². The van der Waals surface area contributed by atoms with Gasteiger partial charge in [-0.1, -0.05) is 0 Å². The highest BCUT2D eigenvalue weighted by molar-refractivity contribution is 7.88. The van der Waals surface area contributed by atoms with E-state index in [0.717, 1.165) is 25.9 Å². The Hall–Kier alpha value is -2.04. The number of rotatable bonds is 4. The molecule has 0 bridgehead atoms. The summed E-state index contributed by atoms with van der Waals surface area (Å²) in [5.41, 5.74) is 1.28. The minimum Gasteiger partial charge on any atom is -0.338 e. The number of likely N-dealkylation sites (tertiary alicyclic amines) is 1. The number of pyridine rings is 1. The Labute approximate surface area is 171 Å². The predicted octanol–water partition coefficient (Wildman–Crippen LogP) is 0.644. The Morgan fingerprint density at radius 1 is 1.10 bits per heavy atom. The highest BCUT2D eigenvalue weighted by Crippen LogP contribution is 2.28. The molecule has 0 aromatic carbocycles. The molecule has 4 rings (SSSR count). The normalized spacial score (nSPS) is 22.1. The zero-order valence-electron chi connectivity index (χ0n) is 17.2. The van der Waals surface area contributed by atoms with E-state index in [9.17, 15) is 13.2 Å². The molecule has 2 aromatic heterocycles. The average Bonchev–Trinajstić information content (AvgIpc) is 3.33. The van der Waals surface area contributed by atoms with Gasteiger partial charge in [0.05, 0.1) is 11.8 Å². The van der Waals surface area contributed by atoms with Crippen LogP contribution < -0.4 is 0 Å². The molecule has 1 atom stereocenters. The minimum absolute atomic E-state index is 0.0212. The van der Waals surface area contributed by atoms with Crippen LogP contribution in [0.1, 0.15) is 41.4 Å². The summed E-state index contributed by atoms with van der Waals surface area (Å²) in [4.78, 5) is 17.2. The van der Waals surface area contributed by atoms with E-state index in [-0.39, 0.29) is 11.8 Å². The quantitative estimate of drug-likeness (QED) is 0.721. The fraction of sp³-hybridized carbons (Fsp3) is 0.632. The van der Waals surface area contributed by atoms with Crippen molar-refractivity contribution in [1.29, 1.82) is 0 Å². The molecule has 2 aliphatic heterocycles. The molecule has 4 heterocycles. The minimum atomic E-state index is -3.22. The summed E-state index contributed by atoms with van der Waals surface area (Å²) < 4.78 is 27.0. The predicted molar refractivity (Wildman–Crippen MR) is 109 cm³/mol. The van der Waals surface area contributed by atoms with Crippen LogP contribution in [0.15, 0.2) is 18.3 Å². The second-order valence-corrected chi connectivity index (χ2v) is 10.3. The summed E-state index contributed by atoms with van der Waals surface area (Å²) in [6.45, 7) is 2.38. The van der Waals surface area contributed by atoms with Gasteiger partial charge in [0, 0.05) is 44.3 Å². The van der Waals surface area contributed by atoms with Crippen molar-refractivity contribution in [2.24, 2.45) is 0 Å². The molecule has 0 saturated carbocycles. The van der Waals surface area contributed by atoms with Gasteiger partial charge in [0.15, 0.2) is 5.65 Å². The van der Waals surface area contributed by atoms with Gasteiger partial charge >= 0.3 is 0 Å². The Morgan fingerprint density at radius 2 is 1.83 bits per heavy atom. The van der Waals surface area contributed by atoms with E-state index >= 15 is 0 Å². The highest BCUT2D eigenvalue weighted by Gasteiger charge is 2.32. The van der Waals surface area contributed by atoms with Gasteiger partial charge in [-0.15, -0.1) is 10.2 Å². The van der Waals surface area contributed by atoms with Crippen molar-refractivity contribution in [2.45, 2.75) is 31.2 Å². The largest absolute Gasteiger partial charge is 0.338 e. The third-order valence-corrected chi connectivity index (χ3v) is 7.41. The van der Waals surface area contributed by atoms with Crippen LogP contribution >= 0.6 is 0 Å². The van der Waals surface area contributed by atoms with E-state index in [2.05, 4.69) is 29.2 Å². The van der Waals surface area contributed by atoms with Gasteiger partial charge in [-0.25, -0.2) is 12.7 Å². The number of piperidine rings is 1.